The van der Waals surface area contributed by atoms with Crippen molar-refractivity contribution >= 4 is 23.5 Å². The molecule has 28 heavy (non-hydrogen) atoms. The number of aryl methyl sites for hydroxylation is 1. The van der Waals surface area contributed by atoms with Crippen LogP contribution in [0.3, 0.4) is 0 Å². The molecule has 0 saturated heterocycles. The number of hydrogen-bond donors (Lipinski definition) is 3. The molecule has 0 aliphatic carbocycles. The van der Waals surface area contributed by atoms with Crippen LogP contribution in [-0.4, -0.2) is 36.5 Å². The van der Waals surface area contributed by atoms with Crippen molar-refractivity contribution in [3.63, 3.8) is 0 Å². The van der Waals surface area contributed by atoms with Gasteiger partial charge in [0.25, 0.3) is 5.91 Å². The quantitative estimate of drug-likeness (QED) is 0.613. The molecule has 0 fully saturated rings. The highest BCUT2D eigenvalue weighted by Gasteiger charge is 2.09. The van der Waals surface area contributed by atoms with Crippen molar-refractivity contribution in [1.29, 1.82) is 0 Å². The number of amides is 2. The summed E-state index contributed by atoms with van der Waals surface area (Å²) >= 11 is 0. The maximum absolute atomic E-state index is 13.7. The van der Waals surface area contributed by atoms with Gasteiger partial charge in [-0.3, -0.25) is 14.4 Å². The highest BCUT2D eigenvalue weighted by atomic mass is 19.1. The summed E-state index contributed by atoms with van der Waals surface area (Å²) in [5.74, 6) is -1.94. The van der Waals surface area contributed by atoms with Crippen LogP contribution in [0, 0.1) is 5.82 Å². The van der Waals surface area contributed by atoms with Gasteiger partial charge >= 0.3 is 5.97 Å². The molecule has 2 aromatic rings. The standard InChI is InChI=1S/C20H21FN2O5/c1-28-17-8-2-13(12-16(17)21)3-9-18(24)23-15-6-4-14(5-7-15)20(27)22-11-10-19(25)26/h2,4-8,12H,3,9-11H2,1H3,(H,22,27)(H,23,24)(H,25,26). The molecule has 148 valence electrons. The molecule has 0 atom stereocenters. The van der Waals surface area contributed by atoms with Crippen LogP contribution < -0.4 is 15.4 Å². The van der Waals surface area contributed by atoms with E-state index in [4.69, 9.17) is 9.84 Å². The molecule has 0 spiro atoms. The summed E-state index contributed by atoms with van der Waals surface area (Å²) in [6.07, 6.45) is 0.387. The fourth-order valence-electron chi connectivity index (χ4n) is 2.44. The number of carboxylic acid groups (broad SMARTS) is 1. The third-order valence-corrected chi connectivity index (χ3v) is 3.91. The van der Waals surface area contributed by atoms with E-state index < -0.39 is 11.8 Å². The Morgan fingerprint density at radius 3 is 2.39 bits per heavy atom. The lowest BCUT2D eigenvalue weighted by atomic mass is 10.1. The van der Waals surface area contributed by atoms with Crippen LogP contribution in [0.15, 0.2) is 42.5 Å². The smallest absolute Gasteiger partial charge is 0.305 e. The Labute approximate surface area is 161 Å². The number of carbonyl (C=O) groups excluding carboxylic acids is 2. The first-order chi connectivity index (χ1) is 13.4. The summed E-state index contributed by atoms with van der Waals surface area (Å²) in [5.41, 5.74) is 1.56. The Balaban J connectivity index is 1.82. The number of halogens is 1. The Hall–Kier alpha value is -3.42. The van der Waals surface area contributed by atoms with Gasteiger partial charge in [-0.2, -0.15) is 0 Å². The molecule has 0 saturated carbocycles. The number of benzene rings is 2. The zero-order valence-corrected chi connectivity index (χ0v) is 15.3. The molecule has 2 amide bonds. The number of carbonyl (C=O) groups is 3. The van der Waals surface area contributed by atoms with E-state index in [0.717, 1.165) is 0 Å². The first kappa shape index (κ1) is 20.9. The van der Waals surface area contributed by atoms with Crippen molar-refractivity contribution in [3.8, 4) is 5.75 Å². The van der Waals surface area contributed by atoms with Crippen LogP contribution in [0.4, 0.5) is 10.1 Å². The van der Waals surface area contributed by atoms with Gasteiger partial charge in [0, 0.05) is 24.2 Å². The van der Waals surface area contributed by atoms with Crippen molar-refractivity contribution in [1.82, 2.24) is 5.32 Å². The van der Waals surface area contributed by atoms with Crippen molar-refractivity contribution in [2.45, 2.75) is 19.3 Å². The summed E-state index contributed by atoms with van der Waals surface area (Å²) in [6, 6.07) is 10.8. The van der Waals surface area contributed by atoms with E-state index in [2.05, 4.69) is 10.6 Å². The molecule has 0 unspecified atom stereocenters. The molecule has 0 aromatic heterocycles. The third kappa shape index (κ3) is 6.39. The maximum atomic E-state index is 13.7. The van der Waals surface area contributed by atoms with E-state index >= 15 is 0 Å². The van der Waals surface area contributed by atoms with Gasteiger partial charge in [0.05, 0.1) is 13.5 Å². The Kier molecular flexibility index (Phi) is 7.50. The lowest BCUT2D eigenvalue weighted by molar-refractivity contribution is -0.136. The van der Waals surface area contributed by atoms with Gasteiger partial charge in [-0.25, -0.2) is 4.39 Å². The maximum Gasteiger partial charge on any atom is 0.305 e. The van der Waals surface area contributed by atoms with Crippen LogP contribution in [0.1, 0.15) is 28.8 Å². The number of carboxylic acids is 1. The lowest BCUT2D eigenvalue weighted by Gasteiger charge is -2.08. The fourth-order valence-corrected chi connectivity index (χ4v) is 2.44. The number of hydrogen-bond acceptors (Lipinski definition) is 4. The molecular weight excluding hydrogens is 367 g/mol. The average Bonchev–Trinajstić information content (AvgIpc) is 2.66. The highest BCUT2D eigenvalue weighted by Crippen LogP contribution is 2.18. The molecule has 0 radical (unpaired) electrons. The van der Waals surface area contributed by atoms with Gasteiger partial charge in [-0.15, -0.1) is 0 Å². The van der Waals surface area contributed by atoms with Gasteiger partial charge in [-0.1, -0.05) is 6.07 Å². The van der Waals surface area contributed by atoms with Gasteiger partial charge in [0.2, 0.25) is 5.91 Å². The third-order valence-electron chi connectivity index (χ3n) is 3.91. The van der Waals surface area contributed by atoms with Crippen LogP contribution >= 0.6 is 0 Å². The SMILES string of the molecule is COc1ccc(CCC(=O)Nc2ccc(C(=O)NCCC(=O)O)cc2)cc1F. The van der Waals surface area contributed by atoms with Gasteiger partial charge in [0.15, 0.2) is 11.6 Å². The van der Waals surface area contributed by atoms with Crippen LogP contribution in [-0.2, 0) is 16.0 Å². The number of nitrogens with one attached hydrogen (secondary N) is 2. The Bertz CT molecular complexity index is 852. The van der Waals surface area contributed by atoms with Crippen molar-refractivity contribution in [3.05, 3.63) is 59.4 Å². The second-order valence-corrected chi connectivity index (χ2v) is 5.99. The van der Waals surface area contributed by atoms with Crippen LogP contribution in [0.2, 0.25) is 0 Å². The van der Waals surface area contributed by atoms with Crippen molar-refractivity contribution < 1.29 is 28.6 Å². The summed E-state index contributed by atoms with van der Waals surface area (Å²) in [7, 11) is 1.39. The molecule has 2 aromatic carbocycles. The normalized spacial score (nSPS) is 10.2. The topological polar surface area (TPSA) is 105 Å². The largest absolute Gasteiger partial charge is 0.494 e. The lowest BCUT2D eigenvalue weighted by Crippen LogP contribution is -2.25. The highest BCUT2D eigenvalue weighted by molar-refractivity contribution is 5.96. The van der Waals surface area contributed by atoms with E-state index in [-0.39, 0.29) is 37.0 Å². The second kappa shape index (κ2) is 10.1. The van der Waals surface area contributed by atoms with Gasteiger partial charge in [-0.05, 0) is 48.4 Å². The van der Waals surface area contributed by atoms with Gasteiger partial charge < -0.3 is 20.5 Å². The van der Waals surface area contributed by atoms with E-state index in [0.29, 0.717) is 23.2 Å². The van der Waals surface area contributed by atoms with Gasteiger partial charge in [0.1, 0.15) is 0 Å². The minimum absolute atomic E-state index is 0.0403. The predicted octanol–water partition coefficient (Wildman–Crippen LogP) is 2.61. The average molecular weight is 388 g/mol. The summed E-state index contributed by atoms with van der Waals surface area (Å²) in [5, 5.41) is 13.8. The predicted molar refractivity (Wildman–Crippen MR) is 101 cm³/mol. The monoisotopic (exact) mass is 388 g/mol. The number of rotatable bonds is 9. The molecule has 7 nitrogen and oxygen atoms in total. The second-order valence-electron chi connectivity index (χ2n) is 5.99. The van der Waals surface area contributed by atoms with E-state index in [1.54, 1.807) is 18.2 Å². The summed E-state index contributed by atoms with van der Waals surface area (Å²) in [4.78, 5) is 34.4. The number of aliphatic carboxylic acids is 1. The molecule has 2 rings (SSSR count). The minimum atomic E-state index is -0.990. The van der Waals surface area contributed by atoms with Crippen molar-refractivity contribution in [2.24, 2.45) is 0 Å². The first-order valence-corrected chi connectivity index (χ1v) is 8.61. The van der Waals surface area contributed by atoms with E-state index in [1.807, 2.05) is 0 Å². The molecule has 0 bridgehead atoms. The molecule has 3 N–H and O–H groups in total. The summed E-state index contributed by atoms with van der Waals surface area (Å²) in [6.45, 7) is 0.0403. The zero-order chi connectivity index (χ0) is 20.5. The molecular formula is C20H21FN2O5. The number of anilines is 1. The zero-order valence-electron chi connectivity index (χ0n) is 15.3. The first-order valence-electron chi connectivity index (χ1n) is 8.61. The van der Waals surface area contributed by atoms with E-state index in [1.165, 1.54) is 31.4 Å². The molecule has 8 heteroatoms. The number of ether oxygens (including phenoxy) is 1. The molecule has 0 aliphatic rings. The minimum Gasteiger partial charge on any atom is -0.494 e. The van der Waals surface area contributed by atoms with Crippen molar-refractivity contribution in [2.75, 3.05) is 19.0 Å². The Morgan fingerprint density at radius 2 is 1.79 bits per heavy atom. The Morgan fingerprint density at radius 1 is 1.07 bits per heavy atom. The van der Waals surface area contributed by atoms with Crippen LogP contribution in [0.5, 0.6) is 5.75 Å². The number of methoxy groups -OCH3 is 1. The van der Waals surface area contributed by atoms with Crippen LogP contribution in [0.25, 0.3) is 0 Å². The summed E-state index contributed by atoms with van der Waals surface area (Å²) < 4.78 is 18.5. The fraction of sp³-hybridized carbons (Fsp3) is 0.250. The molecule has 0 heterocycles. The molecule has 0 aliphatic heterocycles. The van der Waals surface area contributed by atoms with E-state index in [9.17, 15) is 18.8 Å².